The summed E-state index contributed by atoms with van der Waals surface area (Å²) in [7, 11) is 1.67. The number of carbonyl (C=O) groups is 3. The van der Waals surface area contributed by atoms with Crippen LogP contribution in [0.15, 0.2) is 23.0 Å². The van der Waals surface area contributed by atoms with E-state index in [0.717, 1.165) is 44.5 Å². The molecule has 0 bridgehead atoms. The lowest BCUT2D eigenvalue weighted by Crippen LogP contribution is -2.44. The van der Waals surface area contributed by atoms with E-state index in [9.17, 15) is 19.2 Å². The molecule has 3 amide bonds. The Morgan fingerprint density at radius 3 is 2.65 bits per heavy atom. The number of nitrogens with two attached hydrogens (primary N) is 1. The third-order valence-corrected chi connectivity index (χ3v) is 6.57. The molecule has 0 radical (unpaired) electrons. The molecule has 4 rings (SSSR count). The smallest absolute Gasteiger partial charge is 0.404 e. The summed E-state index contributed by atoms with van der Waals surface area (Å²) in [5.74, 6) is 5.98. The van der Waals surface area contributed by atoms with Crippen molar-refractivity contribution in [2.24, 2.45) is 18.7 Å². The second-order valence-corrected chi connectivity index (χ2v) is 8.85. The Balaban J connectivity index is 1.38. The van der Waals surface area contributed by atoms with Crippen LogP contribution in [0.3, 0.4) is 0 Å². The van der Waals surface area contributed by atoms with E-state index in [1.165, 1.54) is 9.13 Å². The van der Waals surface area contributed by atoms with Crippen molar-refractivity contribution in [2.45, 2.75) is 38.1 Å². The average molecular weight is 468 g/mol. The number of rotatable bonds is 5. The van der Waals surface area contributed by atoms with Crippen molar-refractivity contribution >= 4 is 28.9 Å². The molecule has 1 aromatic heterocycles. The number of hydrogen-bond acceptors (Lipinski definition) is 6. The van der Waals surface area contributed by atoms with Gasteiger partial charge in [0.05, 0.1) is 17.6 Å². The first-order valence-electron chi connectivity index (χ1n) is 11.5. The fourth-order valence-electron chi connectivity index (χ4n) is 4.63. The predicted molar refractivity (Wildman–Crippen MR) is 125 cm³/mol. The van der Waals surface area contributed by atoms with Gasteiger partial charge in [-0.15, -0.1) is 0 Å². The van der Waals surface area contributed by atoms with Crippen LogP contribution in [-0.2, 0) is 21.4 Å². The summed E-state index contributed by atoms with van der Waals surface area (Å²) in [6, 6.07) is 4.82. The summed E-state index contributed by atoms with van der Waals surface area (Å²) in [6.45, 7) is 3.13. The summed E-state index contributed by atoms with van der Waals surface area (Å²) in [4.78, 5) is 49.7. The Kier molecular flexibility index (Phi) is 7.03. The fourth-order valence-corrected chi connectivity index (χ4v) is 4.63. The Morgan fingerprint density at radius 1 is 1.18 bits per heavy atom. The van der Waals surface area contributed by atoms with Gasteiger partial charge in [0.15, 0.2) is 0 Å². The maximum absolute atomic E-state index is 12.8. The third kappa shape index (κ3) is 5.15. The van der Waals surface area contributed by atoms with Crippen molar-refractivity contribution in [3.8, 4) is 11.8 Å². The first-order valence-corrected chi connectivity index (χ1v) is 11.5. The van der Waals surface area contributed by atoms with E-state index in [4.69, 9.17) is 10.5 Å². The normalized spacial score (nSPS) is 19.5. The minimum Gasteiger partial charge on any atom is -0.449 e. The first-order chi connectivity index (χ1) is 16.3. The minimum absolute atomic E-state index is 0.210. The van der Waals surface area contributed by atoms with E-state index in [1.807, 2.05) is 18.2 Å². The van der Waals surface area contributed by atoms with Crippen LogP contribution in [0.5, 0.6) is 0 Å². The standard InChI is InChI=1S/C24H29N5O5/c1-27-20-14-16(4-2-3-11-28-12-9-17(10-13-28)15-34-23(25)32)5-6-18(20)29(24(27)33)19-7-8-21(30)26-22(19)31/h5-6,14,17,19H,3,7-13,15H2,1H3,(H2,25,32)(H,26,30,31). The molecule has 1 aromatic carbocycles. The molecule has 1 unspecified atom stereocenters. The molecule has 2 aromatic rings. The second-order valence-electron chi connectivity index (χ2n) is 8.85. The number of aryl methyl sites for hydroxylation is 1. The lowest BCUT2D eigenvalue weighted by molar-refractivity contribution is -0.135. The van der Waals surface area contributed by atoms with E-state index < -0.39 is 18.0 Å². The maximum Gasteiger partial charge on any atom is 0.404 e. The number of amides is 3. The number of fused-ring (bicyclic) bond motifs is 1. The molecule has 2 fully saturated rings. The molecule has 180 valence electrons. The lowest BCUT2D eigenvalue weighted by Gasteiger charge is -2.30. The molecule has 1 atom stereocenters. The summed E-state index contributed by atoms with van der Waals surface area (Å²) in [5, 5.41) is 2.32. The highest BCUT2D eigenvalue weighted by Gasteiger charge is 2.31. The molecule has 3 N–H and O–H groups in total. The molecule has 10 heteroatoms. The Morgan fingerprint density at radius 2 is 1.94 bits per heavy atom. The number of imide groups is 1. The predicted octanol–water partition coefficient (Wildman–Crippen LogP) is 0.867. The zero-order chi connectivity index (χ0) is 24.2. The van der Waals surface area contributed by atoms with Crippen LogP contribution < -0.4 is 16.7 Å². The number of carbonyl (C=O) groups excluding carboxylic acids is 3. The van der Waals surface area contributed by atoms with Crippen LogP contribution in [-0.4, -0.2) is 58.2 Å². The van der Waals surface area contributed by atoms with Gasteiger partial charge < -0.3 is 15.4 Å². The van der Waals surface area contributed by atoms with Gasteiger partial charge in [-0.05, 0) is 56.5 Å². The maximum atomic E-state index is 12.8. The molecule has 0 aliphatic carbocycles. The first kappa shape index (κ1) is 23.6. The van der Waals surface area contributed by atoms with E-state index in [1.54, 1.807) is 7.05 Å². The number of nitrogens with one attached hydrogen (secondary N) is 1. The van der Waals surface area contributed by atoms with Gasteiger partial charge in [-0.3, -0.25) is 24.0 Å². The zero-order valence-corrected chi connectivity index (χ0v) is 19.2. The van der Waals surface area contributed by atoms with Gasteiger partial charge in [0.2, 0.25) is 11.8 Å². The molecule has 3 heterocycles. The van der Waals surface area contributed by atoms with E-state index in [2.05, 4.69) is 22.1 Å². The quantitative estimate of drug-likeness (QED) is 0.496. The highest BCUT2D eigenvalue weighted by molar-refractivity contribution is 6.00. The number of primary amides is 1. The van der Waals surface area contributed by atoms with Crippen LogP contribution in [0.1, 0.15) is 43.7 Å². The van der Waals surface area contributed by atoms with E-state index in [0.29, 0.717) is 30.0 Å². The number of piperidine rings is 2. The molecule has 0 spiro atoms. The summed E-state index contributed by atoms with van der Waals surface area (Å²) >= 11 is 0. The van der Waals surface area contributed by atoms with Crippen molar-refractivity contribution in [3.05, 3.63) is 34.2 Å². The number of likely N-dealkylation sites (tertiary alicyclic amines) is 1. The van der Waals surface area contributed by atoms with Gasteiger partial charge in [0.25, 0.3) is 0 Å². The van der Waals surface area contributed by atoms with Gasteiger partial charge in [0.1, 0.15) is 6.04 Å². The monoisotopic (exact) mass is 467 g/mol. The summed E-state index contributed by atoms with van der Waals surface area (Å²) < 4.78 is 7.87. The van der Waals surface area contributed by atoms with Crippen molar-refractivity contribution in [1.29, 1.82) is 0 Å². The van der Waals surface area contributed by atoms with Crippen molar-refractivity contribution in [1.82, 2.24) is 19.4 Å². The van der Waals surface area contributed by atoms with E-state index in [-0.39, 0.29) is 18.0 Å². The van der Waals surface area contributed by atoms with Gasteiger partial charge >= 0.3 is 11.8 Å². The minimum atomic E-state index is -0.719. The number of hydrogen-bond donors (Lipinski definition) is 2. The molecule has 2 aliphatic rings. The van der Waals surface area contributed by atoms with Gasteiger partial charge in [-0.1, -0.05) is 11.8 Å². The third-order valence-electron chi connectivity index (χ3n) is 6.57. The molecular formula is C24H29N5O5. The topological polar surface area (TPSA) is 129 Å². The number of benzene rings is 1. The highest BCUT2D eigenvalue weighted by atomic mass is 16.5. The van der Waals surface area contributed by atoms with Gasteiger partial charge in [-0.2, -0.15) is 0 Å². The van der Waals surface area contributed by atoms with Crippen LogP contribution >= 0.6 is 0 Å². The van der Waals surface area contributed by atoms with Crippen LogP contribution in [0.25, 0.3) is 11.0 Å². The van der Waals surface area contributed by atoms with Crippen molar-refractivity contribution in [3.63, 3.8) is 0 Å². The summed E-state index contributed by atoms with van der Waals surface area (Å²) in [5.41, 5.74) is 6.88. The molecule has 10 nitrogen and oxygen atoms in total. The molecule has 2 saturated heterocycles. The van der Waals surface area contributed by atoms with Crippen LogP contribution in [0.2, 0.25) is 0 Å². The Labute approximate surface area is 197 Å². The average Bonchev–Trinajstić information content (AvgIpc) is 3.06. The SMILES string of the molecule is Cn1c(=O)n(C2CCC(=O)NC2=O)c2ccc(C#CCCN3CCC(COC(N)=O)CC3)cc21. The highest BCUT2D eigenvalue weighted by Crippen LogP contribution is 2.23. The number of ether oxygens (including phenoxy) is 1. The molecular weight excluding hydrogens is 438 g/mol. The van der Waals surface area contributed by atoms with Gasteiger partial charge in [-0.25, -0.2) is 9.59 Å². The van der Waals surface area contributed by atoms with Crippen molar-refractivity contribution < 1.29 is 19.1 Å². The van der Waals surface area contributed by atoms with Crippen LogP contribution in [0.4, 0.5) is 4.79 Å². The van der Waals surface area contributed by atoms with Gasteiger partial charge in [0, 0.05) is 32.0 Å². The molecule has 34 heavy (non-hydrogen) atoms. The fraction of sp³-hybridized carbons (Fsp3) is 0.500. The van der Waals surface area contributed by atoms with Crippen LogP contribution in [0, 0.1) is 17.8 Å². The Bertz CT molecular complexity index is 1230. The number of nitrogens with zero attached hydrogens (tertiary/aromatic N) is 3. The number of imidazole rings is 1. The lowest BCUT2D eigenvalue weighted by atomic mass is 9.98. The largest absolute Gasteiger partial charge is 0.449 e. The second kappa shape index (κ2) is 10.1. The molecule has 0 saturated carbocycles. The Hall–Kier alpha value is -3.58. The molecule has 2 aliphatic heterocycles. The van der Waals surface area contributed by atoms with E-state index >= 15 is 0 Å². The number of aromatic nitrogens is 2. The zero-order valence-electron chi connectivity index (χ0n) is 19.2. The summed E-state index contributed by atoms with van der Waals surface area (Å²) in [6.07, 6.45) is 2.45. The van der Waals surface area contributed by atoms with Crippen molar-refractivity contribution in [2.75, 3.05) is 26.2 Å².